The lowest BCUT2D eigenvalue weighted by Crippen LogP contribution is -2.35. The summed E-state index contributed by atoms with van der Waals surface area (Å²) in [5, 5.41) is 15.2. The number of amides is 1. The molecular formula is C19H20N6O2. The molecule has 1 aliphatic carbocycles. The van der Waals surface area contributed by atoms with Gasteiger partial charge in [0, 0.05) is 12.1 Å². The molecule has 0 radical (unpaired) electrons. The highest BCUT2D eigenvalue weighted by molar-refractivity contribution is 5.98. The van der Waals surface area contributed by atoms with Crippen LogP contribution in [-0.2, 0) is 12.8 Å². The molecule has 8 nitrogen and oxygen atoms in total. The van der Waals surface area contributed by atoms with E-state index >= 15 is 0 Å². The number of nitrogens with two attached hydrogens (primary N) is 1. The fraction of sp³-hybridized carbons (Fsp3) is 0.263. The van der Waals surface area contributed by atoms with E-state index in [-0.39, 0.29) is 17.8 Å². The zero-order chi connectivity index (χ0) is 18.8. The fourth-order valence-corrected chi connectivity index (χ4v) is 3.29. The van der Waals surface area contributed by atoms with Crippen LogP contribution in [0.1, 0.15) is 28.4 Å². The molecule has 0 aliphatic heterocycles. The third-order valence-electron chi connectivity index (χ3n) is 4.57. The quantitative estimate of drug-likeness (QED) is 0.711. The Morgan fingerprint density at radius 1 is 1.22 bits per heavy atom. The molecule has 4 rings (SSSR count). The van der Waals surface area contributed by atoms with Crippen LogP contribution in [0, 0.1) is 0 Å². The third-order valence-corrected chi connectivity index (χ3v) is 4.57. The van der Waals surface area contributed by atoms with Crippen LogP contribution in [0.15, 0.2) is 42.6 Å². The molecule has 2 aromatic heterocycles. The second-order valence-electron chi connectivity index (χ2n) is 6.37. The number of ether oxygens (including phenoxy) is 1. The Morgan fingerprint density at radius 3 is 2.59 bits per heavy atom. The number of carbonyl (C=O) groups is 1. The van der Waals surface area contributed by atoms with Crippen LogP contribution in [0.2, 0.25) is 0 Å². The van der Waals surface area contributed by atoms with Crippen LogP contribution in [0.4, 0.5) is 5.82 Å². The van der Waals surface area contributed by atoms with Crippen molar-refractivity contribution in [1.82, 2.24) is 25.3 Å². The monoisotopic (exact) mass is 364 g/mol. The molecule has 27 heavy (non-hydrogen) atoms. The first-order chi connectivity index (χ1) is 13.2. The summed E-state index contributed by atoms with van der Waals surface area (Å²) in [4.78, 5) is 12.7. The Hall–Kier alpha value is -3.42. The van der Waals surface area contributed by atoms with Crippen molar-refractivity contribution < 1.29 is 9.53 Å². The van der Waals surface area contributed by atoms with Crippen molar-refractivity contribution in [1.29, 1.82) is 0 Å². The van der Waals surface area contributed by atoms with E-state index in [1.807, 2.05) is 19.1 Å². The molecule has 2 heterocycles. The molecule has 3 aromatic rings. The minimum atomic E-state index is -0.240. The number of hydrogen-bond donors (Lipinski definition) is 2. The zero-order valence-corrected chi connectivity index (χ0v) is 14.9. The number of aromatic nitrogens is 4. The minimum Gasteiger partial charge on any atom is -0.477 e. The van der Waals surface area contributed by atoms with Crippen LogP contribution in [0.3, 0.4) is 0 Å². The molecule has 1 aliphatic rings. The van der Waals surface area contributed by atoms with Gasteiger partial charge in [-0.15, -0.1) is 10.2 Å². The van der Waals surface area contributed by atoms with Crippen molar-refractivity contribution in [2.45, 2.75) is 25.8 Å². The minimum absolute atomic E-state index is 0.0583. The van der Waals surface area contributed by atoms with Gasteiger partial charge in [-0.1, -0.05) is 24.3 Å². The van der Waals surface area contributed by atoms with Gasteiger partial charge in [0.25, 0.3) is 5.91 Å². The van der Waals surface area contributed by atoms with Crippen molar-refractivity contribution in [2.75, 3.05) is 12.3 Å². The Morgan fingerprint density at radius 2 is 1.96 bits per heavy atom. The van der Waals surface area contributed by atoms with Crippen LogP contribution in [0.5, 0.6) is 5.88 Å². The predicted molar refractivity (Wildman–Crippen MR) is 99.8 cm³/mol. The number of nitrogens with one attached hydrogen (secondary N) is 1. The van der Waals surface area contributed by atoms with Crippen molar-refractivity contribution in [3.63, 3.8) is 0 Å². The Kier molecular flexibility index (Phi) is 4.45. The molecule has 3 N–H and O–H groups in total. The molecule has 1 aromatic carbocycles. The van der Waals surface area contributed by atoms with E-state index in [0.29, 0.717) is 23.9 Å². The summed E-state index contributed by atoms with van der Waals surface area (Å²) in [5.74, 6) is 0.825. The smallest absolute Gasteiger partial charge is 0.256 e. The van der Waals surface area contributed by atoms with Crippen molar-refractivity contribution in [2.24, 2.45) is 0 Å². The SMILES string of the molecule is CCOc1ccc(-n2ncc(C(=O)NC3Cc4ccccc4C3)c2N)nn1. The van der Waals surface area contributed by atoms with Crippen LogP contribution in [-0.4, -0.2) is 38.5 Å². The maximum absolute atomic E-state index is 12.7. The van der Waals surface area contributed by atoms with Crippen LogP contribution >= 0.6 is 0 Å². The molecule has 1 amide bonds. The van der Waals surface area contributed by atoms with E-state index in [1.54, 1.807) is 12.1 Å². The Labute approximate surface area is 156 Å². The highest BCUT2D eigenvalue weighted by Gasteiger charge is 2.25. The number of nitrogen functional groups attached to an aromatic ring is 1. The summed E-state index contributed by atoms with van der Waals surface area (Å²) < 4.78 is 6.66. The lowest BCUT2D eigenvalue weighted by atomic mass is 10.1. The molecule has 138 valence electrons. The first kappa shape index (κ1) is 17.0. The van der Waals surface area contributed by atoms with E-state index in [9.17, 15) is 4.79 Å². The number of rotatable bonds is 5. The number of hydrogen-bond acceptors (Lipinski definition) is 6. The normalized spacial score (nSPS) is 13.4. The first-order valence-electron chi connectivity index (χ1n) is 8.83. The second kappa shape index (κ2) is 7.06. The van der Waals surface area contributed by atoms with Crippen molar-refractivity contribution >= 4 is 11.7 Å². The van der Waals surface area contributed by atoms with E-state index in [4.69, 9.17) is 10.5 Å². The lowest BCUT2D eigenvalue weighted by molar-refractivity contribution is 0.0939. The highest BCUT2D eigenvalue weighted by Crippen LogP contribution is 2.23. The predicted octanol–water partition coefficient (Wildman–Crippen LogP) is 1.54. The number of nitrogens with zero attached hydrogens (tertiary/aromatic N) is 4. The van der Waals surface area contributed by atoms with Gasteiger partial charge in [-0.05, 0) is 37.0 Å². The van der Waals surface area contributed by atoms with Gasteiger partial charge in [0.1, 0.15) is 11.4 Å². The average molecular weight is 364 g/mol. The topological polar surface area (TPSA) is 108 Å². The summed E-state index contributed by atoms with van der Waals surface area (Å²) in [5.41, 5.74) is 9.00. The standard InChI is InChI=1S/C19H20N6O2/c1-2-27-17-8-7-16(23-24-17)25-18(20)15(11-21-25)19(26)22-14-9-12-5-3-4-6-13(12)10-14/h3-8,11,14H,2,9-10,20H2,1H3,(H,22,26). The average Bonchev–Trinajstić information content (AvgIpc) is 3.25. The summed E-state index contributed by atoms with van der Waals surface area (Å²) >= 11 is 0. The van der Waals surface area contributed by atoms with Crippen molar-refractivity contribution in [3.8, 4) is 11.7 Å². The molecule has 0 bridgehead atoms. The number of fused-ring (bicyclic) bond motifs is 1. The molecule has 0 fully saturated rings. The first-order valence-corrected chi connectivity index (χ1v) is 8.83. The molecule has 8 heteroatoms. The fourth-order valence-electron chi connectivity index (χ4n) is 3.29. The summed E-state index contributed by atoms with van der Waals surface area (Å²) in [7, 11) is 0. The van der Waals surface area contributed by atoms with Gasteiger partial charge in [-0.3, -0.25) is 4.79 Å². The maximum atomic E-state index is 12.7. The molecule has 0 atom stereocenters. The van der Waals surface area contributed by atoms with Gasteiger partial charge < -0.3 is 15.8 Å². The van der Waals surface area contributed by atoms with Gasteiger partial charge in [0.15, 0.2) is 5.82 Å². The van der Waals surface area contributed by atoms with Gasteiger partial charge in [-0.2, -0.15) is 9.78 Å². The van der Waals surface area contributed by atoms with Crippen LogP contribution < -0.4 is 15.8 Å². The van der Waals surface area contributed by atoms with Gasteiger partial charge in [0.05, 0.1) is 12.8 Å². The van der Waals surface area contributed by atoms with E-state index in [2.05, 4.69) is 32.7 Å². The van der Waals surface area contributed by atoms with Crippen LogP contribution in [0.25, 0.3) is 5.82 Å². The lowest BCUT2D eigenvalue weighted by Gasteiger charge is -2.11. The maximum Gasteiger partial charge on any atom is 0.256 e. The second-order valence-corrected chi connectivity index (χ2v) is 6.37. The molecule has 0 unspecified atom stereocenters. The third kappa shape index (κ3) is 3.33. The molecular weight excluding hydrogens is 344 g/mol. The number of anilines is 1. The number of carbonyl (C=O) groups excluding carboxylic acids is 1. The Bertz CT molecular complexity index is 942. The van der Waals surface area contributed by atoms with Gasteiger partial charge in [-0.25, -0.2) is 0 Å². The van der Waals surface area contributed by atoms with Crippen molar-refractivity contribution in [3.05, 3.63) is 59.3 Å². The summed E-state index contributed by atoms with van der Waals surface area (Å²) in [6.45, 7) is 2.38. The Balaban J connectivity index is 1.48. The number of benzene rings is 1. The van der Waals surface area contributed by atoms with Gasteiger partial charge >= 0.3 is 0 Å². The van der Waals surface area contributed by atoms with E-state index in [0.717, 1.165) is 12.8 Å². The highest BCUT2D eigenvalue weighted by atomic mass is 16.5. The van der Waals surface area contributed by atoms with E-state index < -0.39 is 0 Å². The van der Waals surface area contributed by atoms with Gasteiger partial charge in [0.2, 0.25) is 5.88 Å². The zero-order valence-electron chi connectivity index (χ0n) is 14.9. The largest absolute Gasteiger partial charge is 0.477 e. The molecule has 0 saturated heterocycles. The molecule has 0 saturated carbocycles. The van der Waals surface area contributed by atoms with E-state index in [1.165, 1.54) is 22.0 Å². The summed E-state index contributed by atoms with van der Waals surface area (Å²) in [6.07, 6.45) is 3.09. The molecule has 0 spiro atoms. The summed E-state index contributed by atoms with van der Waals surface area (Å²) in [6, 6.07) is 11.7.